The standard InChI is InChI=1S/C21H16F4N4O3/c22-15-13(17(26)30)9-12(8-10-6-7-10)14(18-28-20(32-29-18)21(23,24)25)16(15)27-19(31)11-4-2-1-3-5-11/h1-5,9-10H,6-8H2,(H2,26,30)(H,27,31). The Hall–Kier alpha value is -3.76. The lowest BCUT2D eigenvalue weighted by Gasteiger charge is -2.17. The van der Waals surface area contributed by atoms with Crippen LogP contribution in [0.2, 0.25) is 0 Å². The van der Waals surface area contributed by atoms with Gasteiger partial charge in [0.1, 0.15) is 0 Å². The van der Waals surface area contributed by atoms with Crippen molar-refractivity contribution in [2.75, 3.05) is 5.32 Å². The minimum Gasteiger partial charge on any atom is -0.366 e. The lowest BCUT2D eigenvalue weighted by Crippen LogP contribution is -2.20. The molecule has 4 rings (SSSR count). The van der Waals surface area contributed by atoms with Gasteiger partial charge in [0.2, 0.25) is 5.82 Å². The Morgan fingerprint density at radius 3 is 2.44 bits per heavy atom. The zero-order chi connectivity index (χ0) is 23.0. The van der Waals surface area contributed by atoms with Crippen LogP contribution in [0.5, 0.6) is 0 Å². The quantitative estimate of drug-likeness (QED) is 0.549. The number of amides is 2. The molecule has 1 aromatic heterocycles. The molecule has 2 amide bonds. The van der Waals surface area contributed by atoms with E-state index in [1.54, 1.807) is 18.2 Å². The first kappa shape index (κ1) is 21.5. The molecule has 0 atom stereocenters. The van der Waals surface area contributed by atoms with Crippen LogP contribution in [0.25, 0.3) is 11.4 Å². The maximum atomic E-state index is 15.3. The van der Waals surface area contributed by atoms with E-state index in [1.165, 1.54) is 12.1 Å². The van der Waals surface area contributed by atoms with Crippen molar-refractivity contribution in [1.29, 1.82) is 0 Å². The number of alkyl halides is 3. The molecule has 1 aliphatic carbocycles. The van der Waals surface area contributed by atoms with Crippen molar-refractivity contribution in [2.45, 2.75) is 25.4 Å². The van der Waals surface area contributed by atoms with Crippen LogP contribution in [0.15, 0.2) is 40.9 Å². The number of hydrogen-bond donors (Lipinski definition) is 2. The minimum absolute atomic E-state index is 0.162. The number of hydrogen-bond acceptors (Lipinski definition) is 5. The van der Waals surface area contributed by atoms with Crippen LogP contribution < -0.4 is 11.1 Å². The Labute approximate surface area is 178 Å². The molecule has 32 heavy (non-hydrogen) atoms. The normalized spacial score (nSPS) is 13.8. The Bertz CT molecular complexity index is 1190. The molecule has 1 saturated carbocycles. The third kappa shape index (κ3) is 4.32. The zero-order valence-electron chi connectivity index (χ0n) is 16.4. The number of benzene rings is 2. The Morgan fingerprint density at radius 2 is 1.88 bits per heavy atom. The fraction of sp³-hybridized carbons (Fsp3) is 0.238. The number of anilines is 1. The fourth-order valence-corrected chi connectivity index (χ4v) is 3.28. The van der Waals surface area contributed by atoms with Crippen LogP contribution >= 0.6 is 0 Å². The lowest BCUT2D eigenvalue weighted by atomic mass is 9.95. The van der Waals surface area contributed by atoms with Crippen molar-refractivity contribution in [3.8, 4) is 11.4 Å². The molecule has 3 N–H and O–H groups in total. The molecular weight excluding hydrogens is 432 g/mol. The van der Waals surface area contributed by atoms with Gasteiger partial charge >= 0.3 is 12.1 Å². The van der Waals surface area contributed by atoms with Gasteiger partial charge in [-0.1, -0.05) is 23.4 Å². The largest absolute Gasteiger partial charge is 0.471 e. The van der Waals surface area contributed by atoms with Gasteiger partial charge in [0.05, 0.1) is 16.8 Å². The molecule has 3 aromatic rings. The number of primary amides is 1. The molecular formula is C21H16F4N4O3. The van der Waals surface area contributed by atoms with E-state index in [9.17, 15) is 22.8 Å². The molecule has 11 heteroatoms. The van der Waals surface area contributed by atoms with E-state index in [1.807, 2.05) is 0 Å². The fourth-order valence-electron chi connectivity index (χ4n) is 3.28. The summed E-state index contributed by atoms with van der Waals surface area (Å²) in [6, 6.07) is 8.92. The lowest BCUT2D eigenvalue weighted by molar-refractivity contribution is -0.159. The molecule has 0 bridgehead atoms. The highest BCUT2D eigenvalue weighted by Gasteiger charge is 2.39. The third-order valence-corrected chi connectivity index (χ3v) is 4.98. The van der Waals surface area contributed by atoms with Crippen LogP contribution in [-0.2, 0) is 12.6 Å². The van der Waals surface area contributed by atoms with E-state index in [4.69, 9.17) is 5.73 Å². The van der Waals surface area contributed by atoms with Gasteiger partial charge in [-0.3, -0.25) is 9.59 Å². The molecule has 2 aromatic carbocycles. The second-order valence-corrected chi connectivity index (χ2v) is 7.40. The summed E-state index contributed by atoms with van der Waals surface area (Å²) in [5.41, 5.74) is 4.50. The van der Waals surface area contributed by atoms with Crippen LogP contribution in [0.3, 0.4) is 0 Å². The summed E-state index contributed by atoms with van der Waals surface area (Å²) >= 11 is 0. The van der Waals surface area contributed by atoms with Crippen LogP contribution in [0, 0.1) is 11.7 Å². The van der Waals surface area contributed by atoms with Gasteiger partial charge in [-0.2, -0.15) is 18.2 Å². The van der Waals surface area contributed by atoms with Crippen LogP contribution in [-0.4, -0.2) is 22.0 Å². The van der Waals surface area contributed by atoms with Crippen molar-refractivity contribution in [3.05, 3.63) is 64.8 Å². The molecule has 0 unspecified atom stereocenters. The first-order valence-electron chi connectivity index (χ1n) is 9.58. The van der Waals surface area contributed by atoms with E-state index >= 15 is 4.39 Å². The predicted octanol–water partition coefficient (Wildman–Crippen LogP) is 4.20. The van der Waals surface area contributed by atoms with Gasteiger partial charge < -0.3 is 15.6 Å². The van der Waals surface area contributed by atoms with Crippen molar-refractivity contribution in [3.63, 3.8) is 0 Å². The van der Waals surface area contributed by atoms with Crippen molar-refractivity contribution < 1.29 is 31.7 Å². The maximum absolute atomic E-state index is 15.3. The number of aromatic nitrogens is 2. The summed E-state index contributed by atoms with van der Waals surface area (Å²) in [6.07, 6.45) is -2.90. The highest BCUT2D eigenvalue weighted by atomic mass is 19.4. The molecule has 0 spiro atoms. The summed E-state index contributed by atoms with van der Waals surface area (Å²) in [5.74, 6) is -5.04. The predicted molar refractivity (Wildman–Crippen MR) is 104 cm³/mol. The monoisotopic (exact) mass is 448 g/mol. The molecule has 0 aliphatic heterocycles. The van der Waals surface area contributed by atoms with E-state index < -0.39 is 46.8 Å². The highest BCUT2D eigenvalue weighted by Crippen LogP contribution is 2.41. The smallest absolute Gasteiger partial charge is 0.366 e. The number of halogens is 4. The van der Waals surface area contributed by atoms with E-state index in [-0.39, 0.29) is 22.6 Å². The van der Waals surface area contributed by atoms with E-state index in [0.717, 1.165) is 18.9 Å². The number of rotatable bonds is 6. The summed E-state index contributed by atoms with van der Waals surface area (Å²) in [5, 5.41) is 5.70. The average Bonchev–Trinajstić information content (AvgIpc) is 3.41. The summed E-state index contributed by atoms with van der Waals surface area (Å²) < 4.78 is 58.7. The van der Waals surface area contributed by atoms with Gasteiger partial charge in [-0.05, 0) is 48.9 Å². The first-order valence-corrected chi connectivity index (χ1v) is 9.58. The van der Waals surface area contributed by atoms with E-state index in [0.29, 0.717) is 6.42 Å². The highest BCUT2D eigenvalue weighted by molar-refractivity contribution is 6.07. The molecule has 166 valence electrons. The van der Waals surface area contributed by atoms with Crippen molar-refractivity contribution >= 4 is 17.5 Å². The molecule has 0 saturated heterocycles. The number of nitrogens with two attached hydrogens (primary N) is 1. The maximum Gasteiger partial charge on any atom is 0.471 e. The topological polar surface area (TPSA) is 111 Å². The summed E-state index contributed by atoms with van der Waals surface area (Å²) in [6.45, 7) is 0. The molecule has 1 heterocycles. The molecule has 0 radical (unpaired) electrons. The Kier molecular flexibility index (Phi) is 5.41. The second kappa shape index (κ2) is 8.06. The van der Waals surface area contributed by atoms with Crippen LogP contribution in [0.4, 0.5) is 23.2 Å². The second-order valence-electron chi connectivity index (χ2n) is 7.40. The number of carbonyl (C=O) groups excluding carboxylic acids is 2. The molecule has 7 nitrogen and oxygen atoms in total. The van der Waals surface area contributed by atoms with Crippen LogP contribution in [0.1, 0.15) is 45.0 Å². The molecule has 1 fully saturated rings. The number of nitrogens with one attached hydrogen (secondary N) is 1. The first-order chi connectivity index (χ1) is 15.1. The van der Waals surface area contributed by atoms with Gasteiger partial charge in [0.15, 0.2) is 5.82 Å². The van der Waals surface area contributed by atoms with E-state index in [2.05, 4.69) is 20.0 Å². The number of carbonyl (C=O) groups is 2. The minimum atomic E-state index is -4.92. The van der Waals surface area contributed by atoms with Gasteiger partial charge in [-0.15, -0.1) is 0 Å². The Morgan fingerprint density at radius 1 is 1.19 bits per heavy atom. The molecule has 1 aliphatic rings. The zero-order valence-corrected chi connectivity index (χ0v) is 16.4. The third-order valence-electron chi connectivity index (χ3n) is 4.98. The van der Waals surface area contributed by atoms with Gasteiger partial charge in [-0.25, -0.2) is 4.39 Å². The SMILES string of the molecule is NC(=O)c1cc(CC2CC2)c(-c2noc(C(F)(F)F)n2)c(NC(=O)c2ccccc2)c1F. The Balaban J connectivity index is 1.90. The van der Waals surface area contributed by atoms with Crippen molar-refractivity contribution in [1.82, 2.24) is 10.1 Å². The van der Waals surface area contributed by atoms with Crippen molar-refractivity contribution in [2.24, 2.45) is 11.7 Å². The van der Waals surface area contributed by atoms with Gasteiger partial charge in [0.25, 0.3) is 11.8 Å². The van der Waals surface area contributed by atoms with Gasteiger partial charge in [0, 0.05) is 5.56 Å². The summed E-state index contributed by atoms with van der Waals surface area (Å²) in [7, 11) is 0. The average molecular weight is 448 g/mol. The number of nitrogens with zero attached hydrogens (tertiary/aromatic N) is 2. The summed E-state index contributed by atoms with van der Waals surface area (Å²) in [4.78, 5) is 27.9.